The van der Waals surface area contributed by atoms with Gasteiger partial charge in [0.05, 0.1) is 19.3 Å². The summed E-state index contributed by atoms with van der Waals surface area (Å²) < 4.78 is 99.4. The fourth-order valence-corrected chi connectivity index (χ4v) is 6.92. The molecule has 2 atom stereocenters. The van der Waals surface area contributed by atoms with Crippen LogP contribution in [0.2, 0.25) is 0 Å². The van der Waals surface area contributed by atoms with E-state index in [2.05, 4.69) is 0 Å². The van der Waals surface area contributed by atoms with Crippen molar-refractivity contribution in [2.75, 3.05) is 13.2 Å². The molecule has 5 rings (SSSR count). The van der Waals surface area contributed by atoms with Crippen molar-refractivity contribution in [3.05, 3.63) is 88.5 Å². The lowest BCUT2D eigenvalue weighted by molar-refractivity contribution is 0.146. The number of ether oxygens (including phenoxy) is 2. The number of hydrogen-bond acceptors (Lipinski definition) is 3. The third kappa shape index (κ3) is 7.09. The highest BCUT2D eigenvalue weighted by atomic mass is 19.2. The zero-order valence-electron chi connectivity index (χ0n) is 26.2. The van der Waals surface area contributed by atoms with Gasteiger partial charge in [0.1, 0.15) is 0 Å². The molecule has 2 aliphatic rings. The Morgan fingerprint density at radius 3 is 1.87 bits per heavy atom. The lowest BCUT2D eigenvalue weighted by Crippen LogP contribution is -2.26. The average Bonchev–Trinajstić information content (AvgIpc) is 3.06. The predicted octanol–water partition coefficient (Wildman–Crippen LogP) is 10.5. The highest BCUT2D eigenvalue weighted by Crippen LogP contribution is 2.42. The van der Waals surface area contributed by atoms with Gasteiger partial charge in [-0.2, -0.15) is 8.78 Å². The quantitative estimate of drug-likeness (QED) is 0.211. The van der Waals surface area contributed by atoms with Crippen molar-refractivity contribution < 1.29 is 40.9 Å². The van der Waals surface area contributed by atoms with Gasteiger partial charge >= 0.3 is 0 Å². The molecule has 2 unspecified atom stereocenters. The number of rotatable bonds is 11. The first kappa shape index (κ1) is 33.9. The molecule has 0 bridgehead atoms. The minimum Gasteiger partial charge on any atom is -0.491 e. The van der Waals surface area contributed by atoms with Gasteiger partial charge in [-0.05, 0) is 106 Å². The normalized spacial score (nSPS) is 20.7. The Morgan fingerprint density at radius 2 is 1.26 bits per heavy atom. The SMILES string of the molecule is CCCC(O)c1ccc(-c2ccc(OCC3CCC(C4CC=C(c5ccc(OCC)c(F)c5F)CC4)CC3)c(F)c2F)c(F)c1F. The van der Waals surface area contributed by atoms with Crippen molar-refractivity contribution >= 4 is 5.57 Å². The van der Waals surface area contributed by atoms with Crippen LogP contribution in [0.25, 0.3) is 16.7 Å². The summed E-state index contributed by atoms with van der Waals surface area (Å²) in [5.41, 5.74) is 0.00791. The zero-order valence-corrected chi connectivity index (χ0v) is 26.2. The highest BCUT2D eigenvalue weighted by Gasteiger charge is 2.30. The van der Waals surface area contributed by atoms with Crippen LogP contribution >= 0.6 is 0 Å². The lowest BCUT2D eigenvalue weighted by Gasteiger charge is -2.35. The van der Waals surface area contributed by atoms with Crippen molar-refractivity contribution in [3.8, 4) is 22.6 Å². The van der Waals surface area contributed by atoms with E-state index in [0.29, 0.717) is 24.7 Å². The maximum absolute atomic E-state index is 15.0. The zero-order chi connectivity index (χ0) is 33.0. The second-order valence-electron chi connectivity index (χ2n) is 12.4. The van der Waals surface area contributed by atoms with E-state index in [1.807, 2.05) is 6.08 Å². The van der Waals surface area contributed by atoms with Gasteiger partial charge in [-0.3, -0.25) is 0 Å². The van der Waals surface area contributed by atoms with Crippen LogP contribution in [-0.2, 0) is 0 Å². The molecule has 3 nitrogen and oxygen atoms in total. The fraction of sp³-hybridized carbons (Fsp3) is 0.459. The Labute approximate surface area is 266 Å². The summed E-state index contributed by atoms with van der Waals surface area (Å²) in [5, 5.41) is 10.1. The van der Waals surface area contributed by atoms with Crippen LogP contribution in [0, 0.1) is 52.7 Å². The van der Waals surface area contributed by atoms with Crippen LogP contribution in [0.3, 0.4) is 0 Å². The van der Waals surface area contributed by atoms with Crippen LogP contribution in [0.4, 0.5) is 26.3 Å². The van der Waals surface area contributed by atoms with E-state index >= 15 is 4.39 Å². The maximum atomic E-state index is 15.0. The molecule has 3 aromatic rings. The molecule has 0 amide bonds. The molecule has 1 N–H and O–H groups in total. The largest absolute Gasteiger partial charge is 0.491 e. The third-order valence-electron chi connectivity index (χ3n) is 9.55. The number of allylic oxidation sites excluding steroid dienone is 2. The van der Waals surface area contributed by atoms with E-state index in [9.17, 15) is 27.1 Å². The van der Waals surface area contributed by atoms with Gasteiger partial charge in [0, 0.05) is 22.3 Å². The van der Waals surface area contributed by atoms with E-state index in [0.717, 1.165) is 50.2 Å². The van der Waals surface area contributed by atoms with Crippen molar-refractivity contribution in [2.24, 2.45) is 17.8 Å². The molecule has 0 heterocycles. The Morgan fingerprint density at radius 1 is 0.674 bits per heavy atom. The number of benzene rings is 3. The molecule has 1 fully saturated rings. The monoisotopic (exact) mass is 646 g/mol. The molecule has 0 saturated heterocycles. The number of aliphatic hydroxyl groups excluding tert-OH is 1. The third-order valence-corrected chi connectivity index (χ3v) is 9.55. The van der Waals surface area contributed by atoms with E-state index in [1.54, 1.807) is 19.9 Å². The van der Waals surface area contributed by atoms with E-state index in [4.69, 9.17) is 9.47 Å². The summed E-state index contributed by atoms with van der Waals surface area (Å²) in [6.07, 6.45) is 7.60. The first-order valence-electron chi connectivity index (χ1n) is 16.2. The van der Waals surface area contributed by atoms with Crippen LogP contribution in [0.1, 0.15) is 88.9 Å². The molecule has 0 aromatic heterocycles. The van der Waals surface area contributed by atoms with E-state index < -0.39 is 52.1 Å². The van der Waals surface area contributed by atoms with E-state index in [-0.39, 0.29) is 48.2 Å². The Hall–Kier alpha value is -3.46. The first-order valence-corrected chi connectivity index (χ1v) is 16.2. The molecule has 1 saturated carbocycles. The Balaban J connectivity index is 1.15. The summed E-state index contributed by atoms with van der Waals surface area (Å²) in [7, 11) is 0. The summed E-state index contributed by atoms with van der Waals surface area (Å²) in [6.45, 7) is 3.97. The van der Waals surface area contributed by atoms with Crippen LogP contribution in [0.15, 0.2) is 42.5 Å². The Bertz CT molecular complexity index is 1560. The summed E-state index contributed by atoms with van der Waals surface area (Å²) in [4.78, 5) is 0. The summed E-state index contributed by atoms with van der Waals surface area (Å²) >= 11 is 0. The summed E-state index contributed by atoms with van der Waals surface area (Å²) in [6, 6.07) is 7.79. The maximum Gasteiger partial charge on any atom is 0.201 e. The second-order valence-corrected chi connectivity index (χ2v) is 12.4. The van der Waals surface area contributed by atoms with Gasteiger partial charge in [0.2, 0.25) is 11.6 Å². The van der Waals surface area contributed by atoms with Crippen LogP contribution < -0.4 is 9.47 Å². The van der Waals surface area contributed by atoms with Crippen molar-refractivity contribution in [1.82, 2.24) is 0 Å². The molecule has 3 aromatic carbocycles. The minimum atomic E-state index is -1.35. The standard InChI is InChI=1S/C37H40F6O3/c1-3-5-29(44)28-15-14-26(33(39)35(28)41)27-17-19-31(37(43)34(27)40)46-20-21-6-8-22(9-7-21)23-10-12-24(13-11-23)25-16-18-30(45-4-2)36(42)32(25)38/h12,14-19,21-23,29,44H,3-11,13,20H2,1-2H3. The average molecular weight is 647 g/mol. The van der Waals surface area contributed by atoms with Crippen LogP contribution in [-0.4, -0.2) is 18.3 Å². The van der Waals surface area contributed by atoms with Crippen molar-refractivity contribution in [1.29, 1.82) is 0 Å². The fourth-order valence-electron chi connectivity index (χ4n) is 6.92. The van der Waals surface area contributed by atoms with Crippen molar-refractivity contribution in [3.63, 3.8) is 0 Å². The summed E-state index contributed by atoms with van der Waals surface area (Å²) in [5.74, 6) is -6.36. The molecule has 248 valence electrons. The molecule has 0 aliphatic heterocycles. The Kier molecular flexibility index (Phi) is 11.0. The highest BCUT2D eigenvalue weighted by molar-refractivity contribution is 5.68. The van der Waals surface area contributed by atoms with Gasteiger partial charge in [-0.25, -0.2) is 17.6 Å². The molecule has 0 radical (unpaired) electrons. The van der Waals surface area contributed by atoms with Gasteiger partial charge in [0.25, 0.3) is 0 Å². The second kappa shape index (κ2) is 15.0. The van der Waals surface area contributed by atoms with Gasteiger partial charge < -0.3 is 14.6 Å². The number of hydrogen-bond donors (Lipinski definition) is 1. The molecule has 0 spiro atoms. The number of halogens is 6. The molecular weight excluding hydrogens is 606 g/mol. The van der Waals surface area contributed by atoms with E-state index in [1.165, 1.54) is 24.3 Å². The smallest absolute Gasteiger partial charge is 0.201 e. The first-order chi connectivity index (χ1) is 22.1. The van der Waals surface area contributed by atoms with Crippen LogP contribution in [0.5, 0.6) is 11.5 Å². The van der Waals surface area contributed by atoms with Gasteiger partial charge in [-0.15, -0.1) is 0 Å². The topological polar surface area (TPSA) is 38.7 Å². The lowest BCUT2D eigenvalue weighted by atomic mass is 9.71. The molecular formula is C37H40F6O3. The number of aliphatic hydroxyl groups is 1. The minimum absolute atomic E-state index is 0.0821. The van der Waals surface area contributed by atoms with Gasteiger partial charge in [-0.1, -0.05) is 31.6 Å². The molecule has 9 heteroatoms. The van der Waals surface area contributed by atoms with Crippen molar-refractivity contribution in [2.45, 2.75) is 77.7 Å². The predicted molar refractivity (Wildman–Crippen MR) is 165 cm³/mol. The van der Waals surface area contributed by atoms with Gasteiger partial charge in [0.15, 0.2) is 34.8 Å². The molecule has 2 aliphatic carbocycles. The molecule has 46 heavy (non-hydrogen) atoms.